The van der Waals surface area contributed by atoms with E-state index in [4.69, 9.17) is 5.73 Å². The molecular formula is C15H19FN4O. The van der Waals surface area contributed by atoms with Crippen molar-refractivity contribution in [2.45, 2.75) is 32.2 Å². The summed E-state index contributed by atoms with van der Waals surface area (Å²) in [7, 11) is 0. The Morgan fingerprint density at radius 3 is 2.86 bits per heavy atom. The van der Waals surface area contributed by atoms with Crippen molar-refractivity contribution in [1.29, 1.82) is 0 Å². The molecule has 3 N–H and O–H groups in total. The van der Waals surface area contributed by atoms with Crippen molar-refractivity contribution in [2.24, 2.45) is 5.73 Å². The summed E-state index contributed by atoms with van der Waals surface area (Å²) in [6.45, 7) is 3.65. The third kappa shape index (κ3) is 3.46. The fourth-order valence-corrected chi connectivity index (χ4v) is 2.06. The van der Waals surface area contributed by atoms with Crippen LogP contribution in [-0.4, -0.2) is 21.2 Å². The molecule has 0 aliphatic carbocycles. The van der Waals surface area contributed by atoms with Gasteiger partial charge in [0.15, 0.2) is 0 Å². The van der Waals surface area contributed by atoms with E-state index in [0.717, 1.165) is 6.42 Å². The topological polar surface area (TPSA) is 72.9 Å². The largest absolute Gasteiger partial charge is 0.322 e. The summed E-state index contributed by atoms with van der Waals surface area (Å²) in [5.41, 5.74) is 5.83. The van der Waals surface area contributed by atoms with Gasteiger partial charge in [0.05, 0.1) is 23.6 Å². The molecule has 0 aliphatic rings. The summed E-state index contributed by atoms with van der Waals surface area (Å²) >= 11 is 0. The van der Waals surface area contributed by atoms with Crippen LogP contribution in [0.3, 0.4) is 0 Å². The average molecular weight is 290 g/mol. The van der Waals surface area contributed by atoms with E-state index < -0.39 is 5.54 Å². The third-order valence-electron chi connectivity index (χ3n) is 3.23. The number of rotatable bonds is 5. The molecule has 0 bridgehead atoms. The molecule has 1 aromatic heterocycles. The predicted octanol–water partition coefficient (Wildman–Crippen LogP) is 2.47. The molecule has 0 saturated heterocycles. The zero-order valence-corrected chi connectivity index (χ0v) is 12.1. The number of carbonyl (C=O) groups excluding carboxylic acids is 1. The van der Waals surface area contributed by atoms with Crippen molar-refractivity contribution in [3.8, 4) is 5.69 Å². The Morgan fingerprint density at radius 1 is 1.48 bits per heavy atom. The molecule has 2 aromatic rings. The lowest BCUT2D eigenvalue weighted by atomic mass is 9.96. The Balaban J connectivity index is 2.14. The smallest absolute Gasteiger partial charge is 0.244 e. The molecule has 0 spiro atoms. The Kier molecular flexibility index (Phi) is 4.37. The van der Waals surface area contributed by atoms with Gasteiger partial charge in [-0.15, -0.1) is 0 Å². The van der Waals surface area contributed by atoms with Gasteiger partial charge in [-0.3, -0.25) is 4.79 Å². The Bertz CT molecular complexity index is 636. The highest BCUT2D eigenvalue weighted by atomic mass is 19.1. The van der Waals surface area contributed by atoms with E-state index in [1.807, 2.05) is 6.92 Å². The summed E-state index contributed by atoms with van der Waals surface area (Å²) in [5, 5.41) is 6.76. The second-order valence-corrected chi connectivity index (χ2v) is 5.25. The van der Waals surface area contributed by atoms with E-state index >= 15 is 0 Å². The van der Waals surface area contributed by atoms with Gasteiger partial charge in [-0.05, 0) is 25.5 Å². The Labute approximate surface area is 123 Å². The SMILES string of the molecule is CCCC(C)(N)C(=O)Nc1cnn(-c2ccccc2F)c1. The minimum atomic E-state index is -0.936. The van der Waals surface area contributed by atoms with Crippen molar-refractivity contribution < 1.29 is 9.18 Å². The summed E-state index contributed by atoms with van der Waals surface area (Å²) in [4.78, 5) is 12.1. The van der Waals surface area contributed by atoms with Crippen LogP contribution in [0.2, 0.25) is 0 Å². The van der Waals surface area contributed by atoms with Gasteiger partial charge >= 0.3 is 0 Å². The number of halogens is 1. The van der Waals surface area contributed by atoms with Crippen LogP contribution in [0.4, 0.5) is 10.1 Å². The monoisotopic (exact) mass is 290 g/mol. The number of anilines is 1. The first kappa shape index (κ1) is 15.2. The molecule has 0 saturated carbocycles. The summed E-state index contributed by atoms with van der Waals surface area (Å²) < 4.78 is 15.0. The first-order valence-electron chi connectivity index (χ1n) is 6.84. The molecule has 0 radical (unpaired) electrons. The van der Waals surface area contributed by atoms with E-state index in [2.05, 4.69) is 10.4 Å². The highest BCUT2D eigenvalue weighted by molar-refractivity contribution is 5.97. The van der Waals surface area contributed by atoms with Crippen LogP contribution >= 0.6 is 0 Å². The molecule has 112 valence electrons. The fraction of sp³-hybridized carbons (Fsp3) is 0.333. The second-order valence-electron chi connectivity index (χ2n) is 5.25. The number of hydrogen-bond donors (Lipinski definition) is 2. The maximum Gasteiger partial charge on any atom is 0.244 e. The summed E-state index contributed by atoms with van der Waals surface area (Å²) in [6, 6.07) is 6.29. The van der Waals surface area contributed by atoms with Crippen molar-refractivity contribution in [1.82, 2.24) is 9.78 Å². The molecular weight excluding hydrogens is 271 g/mol. The lowest BCUT2D eigenvalue weighted by Gasteiger charge is -2.22. The normalized spacial score (nSPS) is 13.7. The zero-order valence-electron chi connectivity index (χ0n) is 12.1. The van der Waals surface area contributed by atoms with Crippen molar-refractivity contribution >= 4 is 11.6 Å². The number of hydrogen-bond acceptors (Lipinski definition) is 3. The number of nitrogens with one attached hydrogen (secondary N) is 1. The van der Waals surface area contributed by atoms with Crippen LogP contribution in [0.25, 0.3) is 5.69 Å². The number of nitrogens with two attached hydrogens (primary N) is 1. The lowest BCUT2D eigenvalue weighted by molar-refractivity contribution is -0.120. The van der Waals surface area contributed by atoms with Crippen LogP contribution in [0.1, 0.15) is 26.7 Å². The van der Waals surface area contributed by atoms with Gasteiger partial charge in [0.1, 0.15) is 11.5 Å². The predicted molar refractivity (Wildman–Crippen MR) is 79.7 cm³/mol. The van der Waals surface area contributed by atoms with Crippen LogP contribution in [-0.2, 0) is 4.79 Å². The van der Waals surface area contributed by atoms with Gasteiger partial charge < -0.3 is 11.1 Å². The fourth-order valence-electron chi connectivity index (χ4n) is 2.06. The molecule has 2 rings (SSSR count). The van der Waals surface area contributed by atoms with Crippen molar-refractivity contribution in [3.63, 3.8) is 0 Å². The van der Waals surface area contributed by atoms with Gasteiger partial charge in [-0.1, -0.05) is 25.5 Å². The molecule has 1 unspecified atom stereocenters. The van der Waals surface area contributed by atoms with E-state index in [1.54, 1.807) is 31.3 Å². The van der Waals surface area contributed by atoms with Crippen molar-refractivity contribution in [2.75, 3.05) is 5.32 Å². The van der Waals surface area contributed by atoms with Gasteiger partial charge in [-0.2, -0.15) is 5.10 Å². The molecule has 5 nitrogen and oxygen atoms in total. The zero-order chi connectivity index (χ0) is 15.5. The maximum atomic E-state index is 13.7. The van der Waals surface area contributed by atoms with Crippen molar-refractivity contribution in [3.05, 3.63) is 42.5 Å². The average Bonchev–Trinajstić information content (AvgIpc) is 2.87. The molecule has 21 heavy (non-hydrogen) atoms. The quantitative estimate of drug-likeness (QED) is 0.888. The molecule has 1 heterocycles. The number of aromatic nitrogens is 2. The first-order valence-corrected chi connectivity index (χ1v) is 6.84. The molecule has 1 aromatic carbocycles. The number of carbonyl (C=O) groups is 1. The Hall–Kier alpha value is -2.21. The van der Waals surface area contributed by atoms with Crippen LogP contribution in [0, 0.1) is 5.82 Å². The molecule has 0 aliphatic heterocycles. The Morgan fingerprint density at radius 2 is 2.19 bits per heavy atom. The summed E-state index contributed by atoms with van der Waals surface area (Å²) in [5.74, 6) is -0.662. The number of benzene rings is 1. The van der Waals surface area contributed by atoms with E-state index in [1.165, 1.54) is 16.9 Å². The number of nitrogens with zero attached hydrogens (tertiary/aromatic N) is 2. The highest BCUT2D eigenvalue weighted by Gasteiger charge is 2.27. The van der Waals surface area contributed by atoms with E-state index in [0.29, 0.717) is 17.8 Å². The summed E-state index contributed by atoms with van der Waals surface area (Å²) in [6.07, 6.45) is 4.42. The number of amides is 1. The van der Waals surface area contributed by atoms with Crippen LogP contribution < -0.4 is 11.1 Å². The van der Waals surface area contributed by atoms with Gasteiger partial charge in [0.25, 0.3) is 0 Å². The lowest BCUT2D eigenvalue weighted by Crippen LogP contribution is -2.48. The molecule has 0 fully saturated rings. The first-order chi connectivity index (χ1) is 9.94. The third-order valence-corrected chi connectivity index (χ3v) is 3.23. The van der Waals surface area contributed by atoms with E-state index in [-0.39, 0.29) is 11.7 Å². The van der Waals surface area contributed by atoms with Gasteiger partial charge in [0.2, 0.25) is 5.91 Å². The van der Waals surface area contributed by atoms with E-state index in [9.17, 15) is 9.18 Å². The van der Waals surface area contributed by atoms with Crippen LogP contribution in [0.15, 0.2) is 36.7 Å². The standard InChI is InChI=1S/C15H19FN4O/c1-3-8-15(2,17)14(21)19-11-9-18-20(10-11)13-7-5-4-6-12(13)16/h4-7,9-10H,3,8,17H2,1-2H3,(H,19,21). The van der Waals surface area contributed by atoms with Crippen LogP contribution in [0.5, 0.6) is 0 Å². The minimum Gasteiger partial charge on any atom is -0.322 e. The highest BCUT2D eigenvalue weighted by Crippen LogP contribution is 2.17. The second kappa shape index (κ2) is 6.05. The molecule has 6 heteroatoms. The minimum absolute atomic E-state index is 0.280. The van der Waals surface area contributed by atoms with Gasteiger partial charge in [0, 0.05) is 0 Å². The molecule has 1 amide bonds. The van der Waals surface area contributed by atoms with Gasteiger partial charge in [-0.25, -0.2) is 9.07 Å². The maximum absolute atomic E-state index is 13.7. The molecule has 1 atom stereocenters. The number of para-hydroxylation sites is 1.